The van der Waals surface area contributed by atoms with Gasteiger partial charge in [0.2, 0.25) is 11.8 Å². The summed E-state index contributed by atoms with van der Waals surface area (Å²) in [6.45, 7) is 7.83. The fourth-order valence-corrected chi connectivity index (χ4v) is 5.83. The molecule has 2 atom stereocenters. The number of hydrogen-bond donors (Lipinski definition) is 2. The summed E-state index contributed by atoms with van der Waals surface area (Å²) in [5.41, 5.74) is 4.62. The van der Waals surface area contributed by atoms with E-state index in [0.717, 1.165) is 22.3 Å². The molecule has 256 valence electrons. The van der Waals surface area contributed by atoms with E-state index in [4.69, 9.17) is 18.9 Å². The second-order valence-electron chi connectivity index (χ2n) is 11.8. The molecular weight excluding hydrogens is 648 g/mol. The highest BCUT2D eigenvalue weighted by molar-refractivity contribution is 6.07. The third-order valence-electron chi connectivity index (χ3n) is 8.26. The molecule has 10 nitrogen and oxygen atoms in total. The van der Waals surface area contributed by atoms with Gasteiger partial charge >= 0.3 is 11.9 Å². The molecule has 0 aliphatic carbocycles. The third kappa shape index (κ3) is 7.35. The van der Waals surface area contributed by atoms with Crippen LogP contribution >= 0.6 is 0 Å². The normalized spacial score (nSPS) is 17.0. The predicted octanol–water partition coefficient (Wildman–Crippen LogP) is 6.49. The van der Waals surface area contributed by atoms with Crippen LogP contribution in [0.1, 0.15) is 52.8 Å². The lowest BCUT2D eigenvalue weighted by molar-refractivity contribution is -0.139. The summed E-state index contributed by atoms with van der Waals surface area (Å²) in [6.07, 6.45) is 7.37. The predicted molar refractivity (Wildman–Crippen MR) is 191 cm³/mol. The van der Waals surface area contributed by atoms with Crippen LogP contribution in [0.2, 0.25) is 0 Å². The number of esters is 2. The second-order valence-corrected chi connectivity index (χ2v) is 11.8. The van der Waals surface area contributed by atoms with Gasteiger partial charge in [-0.05, 0) is 47.6 Å². The fourth-order valence-electron chi connectivity index (χ4n) is 5.83. The molecule has 4 aliphatic rings. The van der Waals surface area contributed by atoms with Crippen molar-refractivity contribution in [3.05, 3.63) is 155 Å². The summed E-state index contributed by atoms with van der Waals surface area (Å²) in [5, 5.41) is 5.55. The highest BCUT2D eigenvalue weighted by Gasteiger charge is 2.40. The van der Waals surface area contributed by atoms with Crippen LogP contribution in [0.3, 0.4) is 0 Å². The Hall–Kier alpha value is -6.68. The summed E-state index contributed by atoms with van der Waals surface area (Å²) in [4.78, 5) is 49.2. The molecule has 0 saturated carbocycles. The van der Waals surface area contributed by atoms with Crippen molar-refractivity contribution < 1.29 is 38.1 Å². The zero-order chi connectivity index (χ0) is 34.8. The molecule has 4 aromatic carbocycles. The number of carbonyl (C=O) groups excluding carboxylic acids is 4. The van der Waals surface area contributed by atoms with Crippen molar-refractivity contribution in [1.29, 1.82) is 0 Å². The summed E-state index contributed by atoms with van der Waals surface area (Å²) < 4.78 is 21.6. The Morgan fingerprint density at radius 1 is 0.627 bits per heavy atom. The van der Waals surface area contributed by atoms with E-state index in [1.807, 2.05) is 72.8 Å². The molecule has 0 saturated heterocycles. The second kappa shape index (κ2) is 14.4. The van der Waals surface area contributed by atoms with E-state index >= 15 is 0 Å². The Bertz CT molecular complexity index is 2140. The minimum absolute atomic E-state index is 0. The van der Waals surface area contributed by atoms with E-state index in [0.29, 0.717) is 52.2 Å². The van der Waals surface area contributed by atoms with E-state index in [2.05, 4.69) is 23.8 Å². The van der Waals surface area contributed by atoms with Gasteiger partial charge in [-0.2, -0.15) is 0 Å². The molecule has 0 aromatic heterocycles. The van der Waals surface area contributed by atoms with Crippen LogP contribution in [0.5, 0.6) is 23.0 Å². The van der Waals surface area contributed by atoms with Gasteiger partial charge < -0.3 is 29.6 Å². The molecule has 4 aliphatic heterocycles. The van der Waals surface area contributed by atoms with Crippen LogP contribution in [0.4, 0.5) is 0 Å². The molecule has 4 aromatic rings. The summed E-state index contributed by atoms with van der Waals surface area (Å²) >= 11 is 0. The van der Waals surface area contributed by atoms with Crippen molar-refractivity contribution in [2.45, 2.75) is 32.4 Å². The van der Waals surface area contributed by atoms with Crippen molar-refractivity contribution in [1.82, 2.24) is 10.6 Å². The lowest BCUT2D eigenvalue weighted by atomic mass is 9.96. The van der Waals surface area contributed by atoms with Crippen molar-refractivity contribution in [3.63, 3.8) is 0 Å². The fraction of sp³-hybridized carbons (Fsp3) is 0.122. The molecule has 8 rings (SSSR count). The van der Waals surface area contributed by atoms with Crippen LogP contribution in [0.25, 0.3) is 12.2 Å². The van der Waals surface area contributed by atoms with Gasteiger partial charge in [-0.1, -0.05) is 81.2 Å². The quantitative estimate of drug-likeness (QED) is 0.134. The maximum absolute atomic E-state index is 12.5. The average Bonchev–Trinajstić information content (AvgIpc) is 3.59. The number of benzene rings is 4. The number of ether oxygens (including phenoxy) is 4. The van der Waals surface area contributed by atoms with Gasteiger partial charge in [0, 0.05) is 40.9 Å². The molecule has 2 N–H and O–H groups in total. The first-order valence-electron chi connectivity index (χ1n) is 15.8. The largest absolute Gasteiger partial charge is 0.457 e. The Labute approximate surface area is 294 Å². The smallest absolute Gasteiger partial charge is 0.338 e. The Morgan fingerprint density at radius 3 is 1.76 bits per heavy atom. The number of hydrogen-bond acceptors (Lipinski definition) is 8. The van der Waals surface area contributed by atoms with E-state index in [-0.39, 0.29) is 25.7 Å². The minimum Gasteiger partial charge on any atom is -0.457 e. The third-order valence-corrected chi connectivity index (χ3v) is 8.26. The van der Waals surface area contributed by atoms with Gasteiger partial charge in [-0.15, -0.1) is 0 Å². The molecule has 4 heterocycles. The van der Waals surface area contributed by atoms with E-state index in [9.17, 15) is 19.2 Å². The SMILES string of the molecule is C.C=C1C=Cc2cc3c(cc2O1)OC(=O)C3C(=O)NCc1ccccc1.C=C1C=Cc2cc3c(cc2O1)OC(=O)C3NC(=O)Cc1ccccc1. The van der Waals surface area contributed by atoms with Gasteiger partial charge in [0.25, 0.3) is 0 Å². The zero-order valence-electron chi connectivity index (χ0n) is 26.6. The van der Waals surface area contributed by atoms with E-state index in [1.54, 1.807) is 36.4 Å². The van der Waals surface area contributed by atoms with Crippen LogP contribution in [0, 0.1) is 0 Å². The maximum Gasteiger partial charge on any atom is 0.338 e. The monoisotopic (exact) mass is 682 g/mol. The number of amides is 2. The van der Waals surface area contributed by atoms with E-state index in [1.165, 1.54) is 0 Å². The van der Waals surface area contributed by atoms with Gasteiger partial charge in [0.1, 0.15) is 34.5 Å². The lowest BCUT2D eigenvalue weighted by Gasteiger charge is -2.16. The summed E-state index contributed by atoms with van der Waals surface area (Å²) in [6, 6.07) is 24.9. The average molecular weight is 683 g/mol. The molecule has 0 bridgehead atoms. The Kier molecular flexibility index (Phi) is 9.68. The van der Waals surface area contributed by atoms with Crippen molar-refractivity contribution in [2.24, 2.45) is 0 Å². The Balaban J connectivity index is 0.000000172. The molecule has 10 heteroatoms. The van der Waals surface area contributed by atoms with Crippen molar-refractivity contribution in [2.75, 3.05) is 0 Å². The summed E-state index contributed by atoms with van der Waals surface area (Å²) in [7, 11) is 0. The lowest BCUT2D eigenvalue weighted by Crippen LogP contribution is -2.33. The summed E-state index contributed by atoms with van der Waals surface area (Å²) in [5.74, 6) is 0.257. The van der Waals surface area contributed by atoms with Crippen LogP contribution in [-0.4, -0.2) is 23.8 Å². The number of nitrogens with one attached hydrogen (secondary N) is 2. The Morgan fingerprint density at radius 2 is 1.16 bits per heavy atom. The van der Waals surface area contributed by atoms with Crippen LogP contribution in [0.15, 0.2) is 122 Å². The molecule has 0 fully saturated rings. The standard InChI is InChI=1S/2C20H15NO4.CH4/c1-12-7-8-14-9-15-17(10-16(14)24-12)25-20(23)18(15)19(22)21-11-13-5-3-2-4-6-13;1-12-7-8-14-10-15-17(11-16(14)24-12)25-20(23)19(15)21-18(22)9-13-5-3-2-4-6-13;/h2-10,18H,1,11H2,(H,21,22);2-8,10-11,19H,1,9H2,(H,21,22);1H4. The topological polar surface area (TPSA) is 129 Å². The first kappa shape index (κ1) is 34.2. The van der Waals surface area contributed by atoms with Gasteiger partial charge in [-0.25, -0.2) is 4.79 Å². The molecule has 2 unspecified atom stereocenters. The number of rotatable bonds is 6. The zero-order valence-corrected chi connectivity index (χ0v) is 26.6. The molecule has 0 radical (unpaired) electrons. The van der Waals surface area contributed by atoms with Crippen LogP contribution in [-0.2, 0) is 32.1 Å². The molecule has 0 spiro atoms. The van der Waals surface area contributed by atoms with E-state index < -0.39 is 23.9 Å². The highest BCUT2D eigenvalue weighted by Crippen LogP contribution is 2.42. The van der Waals surface area contributed by atoms with Crippen molar-refractivity contribution in [3.8, 4) is 23.0 Å². The molecule has 51 heavy (non-hydrogen) atoms. The molecule has 2 amide bonds. The van der Waals surface area contributed by atoms with Gasteiger partial charge in [0.05, 0.1) is 6.42 Å². The highest BCUT2D eigenvalue weighted by atomic mass is 16.5. The van der Waals surface area contributed by atoms with Crippen molar-refractivity contribution >= 4 is 35.9 Å². The number of fused-ring (bicyclic) bond motifs is 4. The number of carbonyl (C=O) groups is 4. The first-order chi connectivity index (χ1) is 24.2. The van der Waals surface area contributed by atoms with Gasteiger partial charge in [0.15, 0.2) is 12.0 Å². The van der Waals surface area contributed by atoms with Gasteiger partial charge in [-0.3, -0.25) is 14.4 Å². The number of allylic oxidation sites excluding steroid dienone is 2. The molecular formula is C41H34N2O8. The minimum atomic E-state index is -0.970. The van der Waals surface area contributed by atoms with Crippen LogP contribution < -0.4 is 29.6 Å². The first-order valence-corrected chi connectivity index (χ1v) is 15.8. The maximum atomic E-state index is 12.5.